The minimum absolute atomic E-state index is 0.0559. The molecule has 3 aliphatic heterocycles. The van der Waals surface area contributed by atoms with E-state index in [2.05, 4.69) is 37.9 Å². The highest BCUT2D eigenvalue weighted by molar-refractivity contribution is 5.91. The summed E-state index contributed by atoms with van der Waals surface area (Å²) in [6, 6.07) is 7.50. The van der Waals surface area contributed by atoms with Gasteiger partial charge in [0.15, 0.2) is 17.4 Å². The third kappa shape index (κ3) is 5.27. The molecule has 5 heterocycles. The van der Waals surface area contributed by atoms with Crippen molar-refractivity contribution < 1.29 is 14.0 Å². The SMILES string of the molecule is CCN1CCN(c2ccc(N3CCC[C@@H](C(=O)N4CCN(C(=O)c5ccco5)CC4)C3)nn2)CC1. The van der Waals surface area contributed by atoms with Gasteiger partial charge in [-0.1, -0.05) is 6.92 Å². The molecule has 0 saturated carbocycles. The predicted octanol–water partition coefficient (Wildman–Crippen LogP) is 1.41. The van der Waals surface area contributed by atoms with Crippen LogP contribution in [0.2, 0.25) is 0 Å². The summed E-state index contributed by atoms with van der Waals surface area (Å²) in [7, 11) is 0. The lowest BCUT2D eigenvalue weighted by molar-refractivity contribution is -0.137. The number of piperazine rings is 2. The topological polar surface area (TPSA) is 89.3 Å². The van der Waals surface area contributed by atoms with Gasteiger partial charge in [-0.25, -0.2) is 0 Å². The monoisotopic (exact) mass is 481 g/mol. The van der Waals surface area contributed by atoms with Crippen LogP contribution < -0.4 is 9.80 Å². The molecule has 0 unspecified atom stereocenters. The summed E-state index contributed by atoms with van der Waals surface area (Å²) in [6.07, 6.45) is 3.34. The second kappa shape index (κ2) is 10.6. The molecular weight excluding hydrogens is 446 g/mol. The average molecular weight is 482 g/mol. The second-order valence-corrected chi connectivity index (χ2v) is 9.55. The van der Waals surface area contributed by atoms with Gasteiger partial charge in [0.05, 0.1) is 12.2 Å². The Hall–Kier alpha value is -3.14. The Labute approximate surface area is 206 Å². The molecule has 1 atom stereocenters. The van der Waals surface area contributed by atoms with E-state index in [-0.39, 0.29) is 17.7 Å². The number of piperidine rings is 1. The predicted molar refractivity (Wildman–Crippen MR) is 132 cm³/mol. The van der Waals surface area contributed by atoms with Gasteiger partial charge >= 0.3 is 0 Å². The number of nitrogens with zero attached hydrogens (tertiary/aromatic N) is 7. The van der Waals surface area contributed by atoms with Gasteiger partial charge in [0.2, 0.25) is 5.91 Å². The van der Waals surface area contributed by atoms with Gasteiger partial charge < -0.3 is 28.9 Å². The third-order valence-corrected chi connectivity index (χ3v) is 7.49. The van der Waals surface area contributed by atoms with E-state index in [1.54, 1.807) is 17.0 Å². The van der Waals surface area contributed by atoms with Gasteiger partial charge in [0.1, 0.15) is 0 Å². The van der Waals surface area contributed by atoms with E-state index in [0.717, 1.165) is 63.7 Å². The van der Waals surface area contributed by atoms with Crippen LogP contribution in [0.4, 0.5) is 11.6 Å². The smallest absolute Gasteiger partial charge is 0.289 e. The normalized spacial score (nSPS) is 21.9. The number of likely N-dealkylation sites (N-methyl/N-ethyl adjacent to an activating group) is 1. The summed E-state index contributed by atoms with van der Waals surface area (Å²) < 4.78 is 5.23. The Morgan fingerprint density at radius 3 is 2.20 bits per heavy atom. The molecule has 10 heteroatoms. The second-order valence-electron chi connectivity index (χ2n) is 9.55. The van der Waals surface area contributed by atoms with Crippen molar-refractivity contribution in [1.29, 1.82) is 0 Å². The van der Waals surface area contributed by atoms with Crippen LogP contribution in [-0.2, 0) is 4.79 Å². The molecule has 0 spiro atoms. The molecule has 2 aromatic heterocycles. The highest BCUT2D eigenvalue weighted by Gasteiger charge is 2.33. The van der Waals surface area contributed by atoms with Gasteiger partial charge in [-0.2, -0.15) is 0 Å². The van der Waals surface area contributed by atoms with Crippen molar-refractivity contribution in [2.75, 3.05) is 81.8 Å². The molecule has 3 fully saturated rings. The standard InChI is InChI=1S/C25H35N7O3/c1-2-28-10-12-29(13-11-28)22-7-8-23(27-26-22)32-9-3-5-20(19-32)24(33)30-14-16-31(17-15-30)25(34)21-6-4-18-35-21/h4,6-8,18,20H,2-3,5,9-17,19H2,1H3/t20-/m1/s1. The van der Waals surface area contributed by atoms with Crippen LogP contribution in [0.5, 0.6) is 0 Å². The fourth-order valence-corrected chi connectivity index (χ4v) is 5.28. The third-order valence-electron chi connectivity index (χ3n) is 7.49. The maximum absolute atomic E-state index is 13.3. The number of rotatable bonds is 5. The van der Waals surface area contributed by atoms with Gasteiger partial charge in [-0.15, -0.1) is 10.2 Å². The largest absolute Gasteiger partial charge is 0.459 e. The molecule has 35 heavy (non-hydrogen) atoms. The minimum Gasteiger partial charge on any atom is -0.459 e. The van der Waals surface area contributed by atoms with Crippen LogP contribution in [-0.4, -0.2) is 109 Å². The number of anilines is 2. The highest BCUT2D eigenvalue weighted by atomic mass is 16.3. The molecule has 3 saturated heterocycles. The maximum Gasteiger partial charge on any atom is 0.289 e. The fraction of sp³-hybridized carbons (Fsp3) is 0.600. The first-order chi connectivity index (χ1) is 17.1. The Balaban J connectivity index is 1.14. The molecule has 10 nitrogen and oxygen atoms in total. The van der Waals surface area contributed by atoms with Crippen molar-refractivity contribution in [2.45, 2.75) is 19.8 Å². The average Bonchev–Trinajstić information content (AvgIpc) is 3.48. The first-order valence-electron chi connectivity index (χ1n) is 12.8. The van der Waals surface area contributed by atoms with Crippen molar-refractivity contribution in [3.63, 3.8) is 0 Å². The van der Waals surface area contributed by atoms with Gasteiger partial charge in [-0.3, -0.25) is 9.59 Å². The summed E-state index contributed by atoms with van der Waals surface area (Å²) in [5, 5.41) is 9.03. The Morgan fingerprint density at radius 1 is 0.886 bits per heavy atom. The Morgan fingerprint density at radius 2 is 1.57 bits per heavy atom. The molecule has 0 bridgehead atoms. The van der Waals surface area contributed by atoms with E-state index in [4.69, 9.17) is 4.42 Å². The zero-order valence-electron chi connectivity index (χ0n) is 20.5. The molecule has 2 amide bonds. The lowest BCUT2D eigenvalue weighted by Crippen LogP contribution is -2.53. The zero-order chi connectivity index (χ0) is 24.2. The van der Waals surface area contributed by atoms with E-state index < -0.39 is 0 Å². The first-order valence-corrected chi connectivity index (χ1v) is 12.8. The quantitative estimate of drug-likeness (QED) is 0.634. The summed E-state index contributed by atoms with van der Waals surface area (Å²) in [5.41, 5.74) is 0. The lowest BCUT2D eigenvalue weighted by atomic mass is 9.96. The van der Waals surface area contributed by atoms with Gasteiger partial charge in [0.25, 0.3) is 5.91 Å². The van der Waals surface area contributed by atoms with Crippen LogP contribution in [0.25, 0.3) is 0 Å². The molecule has 5 rings (SSSR count). The lowest BCUT2D eigenvalue weighted by Gasteiger charge is -2.39. The van der Waals surface area contributed by atoms with Gasteiger partial charge in [-0.05, 0) is 43.7 Å². The Bertz CT molecular complexity index is 981. The number of hydrogen-bond acceptors (Lipinski definition) is 8. The zero-order valence-corrected chi connectivity index (χ0v) is 20.5. The number of amides is 2. The maximum atomic E-state index is 13.3. The van der Waals surface area contributed by atoms with E-state index in [9.17, 15) is 9.59 Å². The molecule has 0 aliphatic carbocycles. The number of hydrogen-bond donors (Lipinski definition) is 0. The van der Waals surface area contributed by atoms with Crippen LogP contribution in [0.3, 0.4) is 0 Å². The Kier molecular flexibility index (Phi) is 7.17. The van der Waals surface area contributed by atoms with E-state index in [1.807, 2.05) is 11.0 Å². The van der Waals surface area contributed by atoms with Crippen molar-refractivity contribution in [2.24, 2.45) is 5.92 Å². The van der Waals surface area contributed by atoms with E-state index in [1.165, 1.54) is 6.26 Å². The van der Waals surface area contributed by atoms with E-state index >= 15 is 0 Å². The summed E-state index contributed by atoms with van der Waals surface area (Å²) >= 11 is 0. The van der Waals surface area contributed by atoms with Gasteiger partial charge in [0, 0.05) is 65.4 Å². The molecule has 0 N–H and O–H groups in total. The van der Waals surface area contributed by atoms with Crippen molar-refractivity contribution in [3.8, 4) is 0 Å². The number of furan rings is 1. The van der Waals surface area contributed by atoms with Crippen LogP contribution >= 0.6 is 0 Å². The molecule has 0 radical (unpaired) electrons. The van der Waals surface area contributed by atoms with Crippen LogP contribution in [0.15, 0.2) is 34.9 Å². The summed E-state index contributed by atoms with van der Waals surface area (Å²) in [5.74, 6) is 2.13. The molecule has 2 aromatic rings. The molecule has 3 aliphatic rings. The highest BCUT2D eigenvalue weighted by Crippen LogP contribution is 2.25. The number of aromatic nitrogens is 2. The summed E-state index contributed by atoms with van der Waals surface area (Å²) in [4.78, 5) is 36.4. The van der Waals surface area contributed by atoms with Crippen molar-refractivity contribution in [3.05, 3.63) is 36.3 Å². The van der Waals surface area contributed by atoms with Crippen LogP contribution in [0.1, 0.15) is 30.3 Å². The number of carbonyl (C=O) groups is 2. The minimum atomic E-state index is -0.111. The first kappa shape index (κ1) is 23.6. The molecular formula is C25H35N7O3. The number of carbonyl (C=O) groups excluding carboxylic acids is 2. The summed E-state index contributed by atoms with van der Waals surface area (Å²) in [6.45, 7) is 11.1. The molecule has 0 aromatic carbocycles. The molecule has 188 valence electrons. The fourth-order valence-electron chi connectivity index (χ4n) is 5.28. The van der Waals surface area contributed by atoms with Crippen molar-refractivity contribution in [1.82, 2.24) is 24.9 Å². The van der Waals surface area contributed by atoms with Crippen molar-refractivity contribution >= 4 is 23.5 Å². The van der Waals surface area contributed by atoms with E-state index in [0.29, 0.717) is 38.5 Å². The van der Waals surface area contributed by atoms with Crippen LogP contribution in [0, 0.1) is 5.92 Å².